The fraction of sp³-hybridized carbons (Fsp3) is 0.846. The van der Waals surface area contributed by atoms with Crippen molar-refractivity contribution in [2.45, 2.75) is 200 Å². The summed E-state index contributed by atoms with van der Waals surface area (Å²) in [5, 5.41) is 0. The van der Waals surface area contributed by atoms with Crippen LogP contribution >= 0.6 is 7.82 Å². The van der Waals surface area contributed by atoms with Crippen molar-refractivity contribution in [3.8, 4) is 0 Å². The highest BCUT2D eigenvalue weighted by molar-refractivity contribution is 7.46. The maximum absolute atomic E-state index is 12.4. The summed E-state index contributed by atoms with van der Waals surface area (Å²) in [6.45, 7) is 3.65. The lowest BCUT2D eigenvalue weighted by Gasteiger charge is -2.18. The molecule has 0 heterocycles. The third-order valence-corrected chi connectivity index (χ3v) is 8.96. The molecule has 0 fully saturated rings. The summed E-state index contributed by atoms with van der Waals surface area (Å²) in [6, 6.07) is 0. The minimum absolute atomic E-state index is 0.209. The molecule has 0 spiro atoms. The Labute approximate surface area is 294 Å². The number of esters is 2. The number of hydrogen-bond acceptors (Lipinski definition) is 6. The van der Waals surface area contributed by atoms with Crippen LogP contribution in [0.5, 0.6) is 0 Å². The van der Waals surface area contributed by atoms with Crippen LogP contribution < -0.4 is 0 Å². The van der Waals surface area contributed by atoms with Crippen LogP contribution in [0.3, 0.4) is 0 Å². The maximum atomic E-state index is 12.4. The highest BCUT2D eigenvalue weighted by Crippen LogP contribution is 2.36. The summed E-state index contributed by atoms with van der Waals surface area (Å²) in [5.74, 6) is -0.916. The second kappa shape index (κ2) is 35.4. The number of ether oxygens (including phenoxy) is 2. The molecule has 8 nitrogen and oxygen atoms in total. The van der Waals surface area contributed by atoms with Crippen molar-refractivity contribution >= 4 is 19.8 Å². The molecule has 282 valence electrons. The van der Waals surface area contributed by atoms with Gasteiger partial charge in [0.15, 0.2) is 6.10 Å². The standard InChI is InChI=1S/C39H73O8P/c1-3-5-7-9-11-13-15-17-19-21-23-25-27-29-31-33-38(40)45-35-37(36-46-48(42,43)44)47-39(41)34-32-30-28-26-24-22-20-18-16-14-12-10-8-6-4-2/h17,19,23,25,37H,3-16,18,20-22,24,26-36H2,1-2H3,(H2,42,43,44)/b19-17+,25-23+/t37-/m1/s1. The van der Waals surface area contributed by atoms with Crippen molar-refractivity contribution in [2.75, 3.05) is 13.2 Å². The molecule has 0 unspecified atom stereocenters. The summed E-state index contributed by atoms with van der Waals surface area (Å²) in [7, 11) is -4.75. The lowest BCUT2D eigenvalue weighted by Crippen LogP contribution is -2.29. The predicted molar refractivity (Wildman–Crippen MR) is 198 cm³/mol. The predicted octanol–water partition coefficient (Wildman–Crippen LogP) is 11.6. The van der Waals surface area contributed by atoms with Gasteiger partial charge in [0, 0.05) is 12.8 Å². The Morgan fingerprint density at radius 3 is 1.42 bits per heavy atom. The van der Waals surface area contributed by atoms with Crippen LogP contribution in [0.15, 0.2) is 24.3 Å². The summed E-state index contributed by atoms with van der Waals surface area (Å²) in [6.07, 6.45) is 39.0. The molecule has 0 aromatic heterocycles. The van der Waals surface area contributed by atoms with E-state index in [1.807, 2.05) is 0 Å². The topological polar surface area (TPSA) is 119 Å². The largest absolute Gasteiger partial charge is 0.469 e. The number of allylic oxidation sites excluding steroid dienone is 4. The minimum Gasteiger partial charge on any atom is -0.462 e. The van der Waals surface area contributed by atoms with Crippen molar-refractivity contribution in [2.24, 2.45) is 0 Å². The lowest BCUT2D eigenvalue weighted by atomic mass is 10.0. The van der Waals surface area contributed by atoms with Gasteiger partial charge in [-0.2, -0.15) is 0 Å². The lowest BCUT2D eigenvalue weighted by molar-refractivity contribution is -0.161. The summed E-state index contributed by atoms with van der Waals surface area (Å²) in [5.41, 5.74) is 0. The first-order valence-electron chi connectivity index (χ1n) is 19.6. The molecule has 48 heavy (non-hydrogen) atoms. The van der Waals surface area contributed by atoms with E-state index in [0.29, 0.717) is 12.8 Å². The molecule has 0 aliphatic carbocycles. The van der Waals surface area contributed by atoms with E-state index >= 15 is 0 Å². The van der Waals surface area contributed by atoms with Crippen molar-refractivity contribution in [3.05, 3.63) is 24.3 Å². The highest BCUT2D eigenvalue weighted by atomic mass is 31.2. The van der Waals surface area contributed by atoms with Crippen LogP contribution in [0, 0.1) is 0 Å². The van der Waals surface area contributed by atoms with Crippen LogP contribution in [0.4, 0.5) is 0 Å². The quantitative estimate of drug-likeness (QED) is 0.0287. The molecule has 0 rings (SSSR count). The minimum atomic E-state index is -4.75. The molecule has 9 heteroatoms. The average molecular weight is 701 g/mol. The van der Waals surface area contributed by atoms with Gasteiger partial charge in [0.2, 0.25) is 0 Å². The molecule has 0 radical (unpaired) electrons. The van der Waals surface area contributed by atoms with E-state index in [2.05, 4.69) is 42.7 Å². The van der Waals surface area contributed by atoms with Gasteiger partial charge >= 0.3 is 19.8 Å². The van der Waals surface area contributed by atoms with Gasteiger partial charge in [-0.3, -0.25) is 14.1 Å². The Morgan fingerprint density at radius 2 is 0.938 bits per heavy atom. The van der Waals surface area contributed by atoms with E-state index in [0.717, 1.165) is 44.9 Å². The van der Waals surface area contributed by atoms with Gasteiger partial charge in [-0.05, 0) is 44.9 Å². The van der Waals surface area contributed by atoms with Crippen LogP contribution in [-0.4, -0.2) is 41.0 Å². The molecule has 1 atom stereocenters. The van der Waals surface area contributed by atoms with Crippen molar-refractivity contribution in [3.63, 3.8) is 0 Å². The zero-order valence-corrected chi connectivity index (χ0v) is 31.8. The van der Waals surface area contributed by atoms with Gasteiger partial charge in [-0.25, -0.2) is 4.57 Å². The molecule has 0 aromatic carbocycles. The smallest absolute Gasteiger partial charge is 0.462 e. The van der Waals surface area contributed by atoms with Crippen molar-refractivity contribution in [1.82, 2.24) is 0 Å². The van der Waals surface area contributed by atoms with Crippen LogP contribution in [0.1, 0.15) is 194 Å². The number of hydrogen-bond donors (Lipinski definition) is 2. The maximum Gasteiger partial charge on any atom is 0.469 e. The zero-order chi connectivity index (χ0) is 35.4. The van der Waals surface area contributed by atoms with Crippen LogP contribution in [-0.2, 0) is 28.2 Å². The van der Waals surface area contributed by atoms with Gasteiger partial charge in [0.05, 0.1) is 6.61 Å². The molecular formula is C39H73O8P. The van der Waals surface area contributed by atoms with E-state index in [9.17, 15) is 14.2 Å². The van der Waals surface area contributed by atoms with E-state index in [1.54, 1.807) is 0 Å². The van der Waals surface area contributed by atoms with Gasteiger partial charge in [-0.15, -0.1) is 0 Å². The normalized spacial score (nSPS) is 12.7. The Balaban J connectivity index is 3.98. The fourth-order valence-corrected chi connectivity index (χ4v) is 5.88. The SMILES string of the molecule is CCCCCCCC/C=C/C/C=C/CCCCC(=O)OC[C@H](COP(=O)(O)O)OC(=O)CCCCCCCCCCCCCCCCC. The number of unbranched alkanes of at least 4 members (excludes halogenated alkanes) is 22. The monoisotopic (exact) mass is 701 g/mol. The average Bonchev–Trinajstić information content (AvgIpc) is 3.05. The Morgan fingerprint density at radius 1 is 0.542 bits per heavy atom. The molecule has 0 amide bonds. The van der Waals surface area contributed by atoms with E-state index < -0.39 is 32.5 Å². The zero-order valence-electron chi connectivity index (χ0n) is 30.9. The number of rotatable bonds is 36. The van der Waals surface area contributed by atoms with Crippen LogP contribution in [0.25, 0.3) is 0 Å². The fourth-order valence-electron chi connectivity index (χ4n) is 5.52. The van der Waals surface area contributed by atoms with Gasteiger partial charge in [0.1, 0.15) is 6.61 Å². The molecule has 0 saturated carbocycles. The first-order chi connectivity index (χ1) is 23.3. The summed E-state index contributed by atoms with van der Waals surface area (Å²) >= 11 is 0. The molecule has 0 aliphatic rings. The third-order valence-electron chi connectivity index (χ3n) is 8.47. The van der Waals surface area contributed by atoms with E-state index in [-0.39, 0.29) is 19.4 Å². The van der Waals surface area contributed by atoms with Gasteiger partial charge < -0.3 is 19.3 Å². The Bertz CT molecular complexity index is 838. The first-order valence-corrected chi connectivity index (χ1v) is 21.2. The summed E-state index contributed by atoms with van der Waals surface area (Å²) in [4.78, 5) is 42.7. The van der Waals surface area contributed by atoms with Gasteiger partial charge in [0.25, 0.3) is 0 Å². The van der Waals surface area contributed by atoms with E-state index in [4.69, 9.17) is 19.3 Å². The molecule has 0 aromatic rings. The second-order valence-corrected chi connectivity index (χ2v) is 14.5. The molecular weight excluding hydrogens is 627 g/mol. The Kier molecular flexibility index (Phi) is 34.3. The van der Waals surface area contributed by atoms with Crippen molar-refractivity contribution < 1.29 is 37.9 Å². The molecule has 2 N–H and O–H groups in total. The third kappa shape index (κ3) is 37.4. The molecule has 0 bridgehead atoms. The number of phosphoric acid groups is 1. The van der Waals surface area contributed by atoms with Crippen LogP contribution in [0.2, 0.25) is 0 Å². The van der Waals surface area contributed by atoms with Gasteiger partial charge in [-0.1, -0.05) is 160 Å². The molecule has 0 saturated heterocycles. The highest BCUT2D eigenvalue weighted by Gasteiger charge is 2.22. The summed E-state index contributed by atoms with van der Waals surface area (Å²) < 4.78 is 26.3. The molecule has 0 aliphatic heterocycles. The number of carbonyl (C=O) groups is 2. The number of carbonyl (C=O) groups excluding carboxylic acids is 2. The Hall–Kier alpha value is -1.47. The van der Waals surface area contributed by atoms with Crippen molar-refractivity contribution in [1.29, 1.82) is 0 Å². The first kappa shape index (κ1) is 46.5. The van der Waals surface area contributed by atoms with E-state index in [1.165, 1.54) is 109 Å². The number of phosphoric ester groups is 1. The second-order valence-electron chi connectivity index (χ2n) is 13.3.